The minimum Gasteiger partial charge on any atom is -0.478 e. The summed E-state index contributed by atoms with van der Waals surface area (Å²) in [4.78, 5) is 24.2. The number of carboxylic acid groups (broad SMARTS) is 1. The van der Waals surface area contributed by atoms with Gasteiger partial charge in [-0.05, 0) is 17.7 Å². The predicted octanol–water partition coefficient (Wildman–Crippen LogP) is 0.878. The lowest BCUT2D eigenvalue weighted by molar-refractivity contribution is -0.132. The van der Waals surface area contributed by atoms with Gasteiger partial charge in [-0.1, -0.05) is 12.1 Å². The van der Waals surface area contributed by atoms with Gasteiger partial charge in [0, 0.05) is 26.6 Å². The molecule has 1 fully saturated rings. The molecule has 5 nitrogen and oxygen atoms in total. The van der Waals surface area contributed by atoms with Gasteiger partial charge in [0.1, 0.15) is 0 Å². The second-order valence-electron chi connectivity index (χ2n) is 4.36. The van der Waals surface area contributed by atoms with Crippen molar-refractivity contribution in [3.63, 3.8) is 0 Å². The average Bonchev–Trinajstić information content (AvgIpc) is 2.39. The molecule has 1 heterocycles. The van der Waals surface area contributed by atoms with Crippen LogP contribution in [0.15, 0.2) is 24.3 Å². The fourth-order valence-corrected chi connectivity index (χ4v) is 2.23. The van der Waals surface area contributed by atoms with Crippen molar-refractivity contribution in [2.24, 2.45) is 0 Å². The molecular weight excluding hydrogens is 232 g/mol. The largest absolute Gasteiger partial charge is 0.478 e. The van der Waals surface area contributed by atoms with Gasteiger partial charge in [0.25, 0.3) is 0 Å². The zero-order valence-electron chi connectivity index (χ0n) is 10.2. The highest BCUT2D eigenvalue weighted by Crippen LogP contribution is 2.22. The van der Waals surface area contributed by atoms with Crippen LogP contribution in [0.1, 0.15) is 28.9 Å². The van der Waals surface area contributed by atoms with E-state index in [0.717, 1.165) is 12.1 Å². The maximum atomic E-state index is 11.6. The Hall–Kier alpha value is -1.88. The Morgan fingerprint density at radius 2 is 2.00 bits per heavy atom. The van der Waals surface area contributed by atoms with Crippen LogP contribution in [0.3, 0.4) is 0 Å². The summed E-state index contributed by atoms with van der Waals surface area (Å²) in [6.45, 7) is 3.74. The third-order valence-corrected chi connectivity index (χ3v) is 3.19. The molecular formula is C13H16N2O3. The molecule has 1 aliphatic rings. The minimum absolute atomic E-state index is 0.0147. The highest BCUT2D eigenvalue weighted by atomic mass is 16.4. The second-order valence-corrected chi connectivity index (χ2v) is 4.36. The van der Waals surface area contributed by atoms with Crippen LogP contribution in [0.25, 0.3) is 0 Å². The first-order chi connectivity index (χ1) is 8.59. The molecule has 1 aliphatic heterocycles. The van der Waals surface area contributed by atoms with E-state index >= 15 is 0 Å². The van der Waals surface area contributed by atoms with E-state index in [9.17, 15) is 9.59 Å². The topological polar surface area (TPSA) is 69.6 Å². The molecule has 2 rings (SSSR count). The molecule has 0 radical (unpaired) electrons. The minimum atomic E-state index is -0.938. The number of hydrogen-bond donors (Lipinski definition) is 2. The molecule has 0 aliphatic carbocycles. The first-order valence-electron chi connectivity index (χ1n) is 5.91. The molecule has 1 aromatic carbocycles. The third-order valence-electron chi connectivity index (χ3n) is 3.19. The van der Waals surface area contributed by atoms with Gasteiger partial charge in [0.05, 0.1) is 11.6 Å². The number of benzene rings is 1. The van der Waals surface area contributed by atoms with Crippen LogP contribution in [0.5, 0.6) is 0 Å². The monoisotopic (exact) mass is 248 g/mol. The van der Waals surface area contributed by atoms with Gasteiger partial charge in [-0.15, -0.1) is 0 Å². The number of piperazine rings is 1. The maximum absolute atomic E-state index is 11.6. The van der Waals surface area contributed by atoms with Crippen molar-refractivity contribution in [1.29, 1.82) is 0 Å². The number of nitrogens with zero attached hydrogens (tertiary/aromatic N) is 1. The summed E-state index contributed by atoms with van der Waals surface area (Å²) in [6.07, 6.45) is 0. The Labute approximate surface area is 105 Å². The number of rotatable bonds is 2. The molecule has 1 atom stereocenters. The molecule has 18 heavy (non-hydrogen) atoms. The molecule has 1 saturated heterocycles. The van der Waals surface area contributed by atoms with Crippen LogP contribution in [-0.4, -0.2) is 41.5 Å². The first-order valence-corrected chi connectivity index (χ1v) is 5.91. The normalized spacial score (nSPS) is 19.6. The highest BCUT2D eigenvalue weighted by molar-refractivity contribution is 5.87. The summed E-state index contributed by atoms with van der Waals surface area (Å²) in [5.74, 6) is -0.893. The van der Waals surface area contributed by atoms with E-state index in [0.29, 0.717) is 13.1 Å². The quantitative estimate of drug-likeness (QED) is 0.815. The Kier molecular flexibility index (Phi) is 3.62. The summed E-state index contributed by atoms with van der Waals surface area (Å²) in [6, 6.07) is 6.68. The smallest absolute Gasteiger partial charge is 0.335 e. The Bertz CT molecular complexity index is 456. The van der Waals surface area contributed by atoms with Crippen molar-refractivity contribution in [3.8, 4) is 0 Å². The number of amides is 1. The van der Waals surface area contributed by atoms with Crippen molar-refractivity contribution in [3.05, 3.63) is 35.4 Å². The molecule has 1 unspecified atom stereocenters. The molecule has 0 spiro atoms. The van der Waals surface area contributed by atoms with Crippen LogP contribution in [0, 0.1) is 0 Å². The molecule has 5 heteroatoms. The number of carboxylic acids is 1. The molecule has 0 bridgehead atoms. The molecule has 96 valence electrons. The number of carbonyl (C=O) groups excluding carboxylic acids is 1. The maximum Gasteiger partial charge on any atom is 0.335 e. The fourth-order valence-electron chi connectivity index (χ4n) is 2.23. The van der Waals surface area contributed by atoms with Gasteiger partial charge in [0.2, 0.25) is 5.91 Å². The summed E-state index contributed by atoms with van der Waals surface area (Å²) >= 11 is 0. The lowest BCUT2D eigenvalue weighted by Gasteiger charge is -2.35. The van der Waals surface area contributed by atoms with E-state index in [4.69, 9.17) is 5.11 Å². The molecule has 0 aromatic heterocycles. The van der Waals surface area contributed by atoms with E-state index < -0.39 is 5.97 Å². The van der Waals surface area contributed by atoms with Gasteiger partial charge < -0.3 is 15.3 Å². The van der Waals surface area contributed by atoms with Crippen molar-refractivity contribution in [2.75, 3.05) is 19.6 Å². The van der Waals surface area contributed by atoms with Crippen LogP contribution in [-0.2, 0) is 4.79 Å². The van der Waals surface area contributed by atoms with Gasteiger partial charge in [-0.3, -0.25) is 4.79 Å². The summed E-state index contributed by atoms with van der Waals surface area (Å²) in [7, 11) is 0. The van der Waals surface area contributed by atoms with Crippen LogP contribution in [0.4, 0.5) is 0 Å². The van der Waals surface area contributed by atoms with Crippen molar-refractivity contribution < 1.29 is 14.7 Å². The van der Waals surface area contributed by atoms with E-state index in [1.807, 2.05) is 4.90 Å². The van der Waals surface area contributed by atoms with Gasteiger partial charge in [-0.2, -0.15) is 0 Å². The van der Waals surface area contributed by atoms with E-state index in [1.54, 1.807) is 31.2 Å². The van der Waals surface area contributed by atoms with Crippen LogP contribution in [0.2, 0.25) is 0 Å². The highest BCUT2D eigenvalue weighted by Gasteiger charge is 2.25. The number of nitrogens with one attached hydrogen (secondary N) is 1. The van der Waals surface area contributed by atoms with Crippen molar-refractivity contribution in [2.45, 2.75) is 13.0 Å². The van der Waals surface area contributed by atoms with E-state index in [1.165, 1.54) is 0 Å². The lowest BCUT2D eigenvalue weighted by atomic mass is 10.0. The van der Waals surface area contributed by atoms with Crippen molar-refractivity contribution >= 4 is 11.9 Å². The Morgan fingerprint density at radius 1 is 1.33 bits per heavy atom. The molecule has 1 aromatic rings. The van der Waals surface area contributed by atoms with Crippen molar-refractivity contribution in [1.82, 2.24) is 10.2 Å². The second kappa shape index (κ2) is 5.18. The third kappa shape index (κ3) is 2.51. The molecule has 2 N–H and O–H groups in total. The van der Waals surface area contributed by atoms with E-state index in [-0.39, 0.29) is 17.5 Å². The van der Waals surface area contributed by atoms with Gasteiger partial charge >= 0.3 is 5.97 Å². The zero-order chi connectivity index (χ0) is 13.1. The standard InChI is InChI=1S/C13H16N2O3/c1-9(16)15-7-6-14-8-12(15)10-2-4-11(5-3-10)13(17)18/h2-5,12,14H,6-8H2,1H3,(H,17,18). The Morgan fingerprint density at radius 3 is 2.56 bits per heavy atom. The predicted molar refractivity (Wildman–Crippen MR) is 66.4 cm³/mol. The fraction of sp³-hybridized carbons (Fsp3) is 0.385. The van der Waals surface area contributed by atoms with Gasteiger partial charge in [0.15, 0.2) is 0 Å². The lowest BCUT2D eigenvalue weighted by Crippen LogP contribution is -2.47. The number of carbonyl (C=O) groups is 2. The van der Waals surface area contributed by atoms with Gasteiger partial charge in [-0.25, -0.2) is 4.79 Å². The first kappa shape index (κ1) is 12.6. The zero-order valence-corrected chi connectivity index (χ0v) is 10.2. The van der Waals surface area contributed by atoms with Crippen LogP contribution < -0.4 is 5.32 Å². The Balaban J connectivity index is 2.23. The summed E-state index contributed by atoms with van der Waals surface area (Å²) in [5, 5.41) is 12.1. The molecule has 1 amide bonds. The van der Waals surface area contributed by atoms with E-state index in [2.05, 4.69) is 5.32 Å². The van der Waals surface area contributed by atoms with Crippen LogP contribution >= 0.6 is 0 Å². The summed E-state index contributed by atoms with van der Waals surface area (Å²) in [5.41, 5.74) is 1.22. The SMILES string of the molecule is CC(=O)N1CCNCC1c1ccc(C(=O)O)cc1. The number of aromatic carboxylic acids is 1. The summed E-state index contributed by atoms with van der Waals surface area (Å²) < 4.78 is 0. The molecule has 0 saturated carbocycles. The average molecular weight is 248 g/mol. The number of hydrogen-bond acceptors (Lipinski definition) is 3.